The van der Waals surface area contributed by atoms with Crippen LogP contribution in [0.1, 0.15) is 47.3 Å². The molecule has 3 heterocycles. The van der Waals surface area contributed by atoms with Crippen molar-refractivity contribution in [2.24, 2.45) is 7.05 Å². The first-order valence-corrected chi connectivity index (χ1v) is 7.62. The predicted molar refractivity (Wildman–Crippen MR) is 84.1 cm³/mol. The number of aromatic nitrogens is 3. The molecule has 7 heteroatoms. The lowest BCUT2D eigenvalue weighted by Crippen LogP contribution is -2.27. The predicted octanol–water partition coefficient (Wildman–Crippen LogP) is 1.06. The van der Waals surface area contributed by atoms with E-state index in [4.69, 9.17) is 4.74 Å². The van der Waals surface area contributed by atoms with Gasteiger partial charge in [0.05, 0.1) is 17.9 Å². The number of pyridine rings is 1. The second-order valence-electron chi connectivity index (χ2n) is 5.87. The quantitative estimate of drug-likeness (QED) is 0.886. The van der Waals surface area contributed by atoms with Crippen LogP contribution in [0.3, 0.4) is 0 Å². The molecule has 7 nitrogen and oxygen atoms in total. The van der Waals surface area contributed by atoms with Crippen LogP contribution in [0.4, 0.5) is 0 Å². The molecule has 0 saturated carbocycles. The molecule has 0 aliphatic carbocycles. The van der Waals surface area contributed by atoms with Gasteiger partial charge in [0.1, 0.15) is 0 Å². The highest BCUT2D eigenvalue weighted by Gasteiger charge is 2.31. The van der Waals surface area contributed by atoms with E-state index in [0.717, 1.165) is 16.8 Å². The minimum absolute atomic E-state index is 0.0625. The van der Waals surface area contributed by atoms with Gasteiger partial charge in [0.15, 0.2) is 5.69 Å². The molecule has 1 amide bonds. The number of hydrogen-bond donors (Lipinski definition) is 2. The molecule has 0 fully saturated rings. The van der Waals surface area contributed by atoms with Gasteiger partial charge in [0, 0.05) is 37.8 Å². The Hall–Kier alpha value is -2.41. The number of nitrogens with one attached hydrogen (secondary N) is 2. The summed E-state index contributed by atoms with van der Waals surface area (Å²) in [5.41, 5.74) is 3.03. The van der Waals surface area contributed by atoms with Crippen molar-refractivity contribution in [1.29, 1.82) is 0 Å². The van der Waals surface area contributed by atoms with E-state index >= 15 is 0 Å². The minimum Gasteiger partial charge on any atom is -0.369 e. The van der Waals surface area contributed by atoms with Crippen molar-refractivity contribution < 1.29 is 9.53 Å². The summed E-state index contributed by atoms with van der Waals surface area (Å²) in [7, 11) is 1.83. The van der Waals surface area contributed by atoms with Crippen molar-refractivity contribution >= 4 is 5.91 Å². The van der Waals surface area contributed by atoms with E-state index in [1.807, 2.05) is 20.9 Å². The zero-order chi connectivity index (χ0) is 16.6. The highest BCUT2D eigenvalue weighted by molar-refractivity contribution is 5.94. The fourth-order valence-corrected chi connectivity index (χ4v) is 3.04. The number of aromatic amines is 1. The van der Waals surface area contributed by atoms with Crippen molar-refractivity contribution in [3.05, 3.63) is 51.2 Å². The third-order valence-corrected chi connectivity index (χ3v) is 4.02. The lowest BCUT2D eigenvalue weighted by Gasteiger charge is -2.26. The summed E-state index contributed by atoms with van der Waals surface area (Å²) in [5.74, 6) is -0.214. The Balaban J connectivity index is 1.79. The molecule has 0 bridgehead atoms. The standard InChI is InChI=1S/C16H20N4O3/c1-9-6-12-14(19-20(3)15(12)10(2)23-9)16(22)18-8-11-4-5-13(21)17-7-11/h4-5,7,9-10H,6,8H2,1-3H3,(H,17,21)(H,18,22)/t9-,10+/m1/s1. The molecule has 23 heavy (non-hydrogen) atoms. The van der Waals surface area contributed by atoms with E-state index in [1.165, 1.54) is 6.07 Å². The first-order chi connectivity index (χ1) is 11.0. The zero-order valence-corrected chi connectivity index (χ0v) is 13.4. The first kappa shape index (κ1) is 15.5. The van der Waals surface area contributed by atoms with Crippen LogP contribution in [0.25, 0.3) is 0 Å². The lowest BCUT2D eigenvalue weighted by atomic mass is 9.99. The van der Waals surface area contributed by atoms with Gasteiger partial charge in [0.2, 0.25) is 5.56 Å². The molecule has 0 saturated heterocycles. The van der Waals surface area contributed by atoms with Crippen LogP contribution in [0.2, 0.25) is 0 Å². The van der Waals surface area contributed by atoms with E-state index in [9.17, 15) is 9.59 Å². The Morgan fingerprint density at radius 3 is 2.96 bits per heavy atom. The molecular weight excluding hydrogens is 296 g/mol. The summed E-state index contributed by atoms with van der Waals surface area (Å²) in [6, 6.07) is 3.12. The van der Waals surface area contributed by atoms with Gasteiger partial charge in [-0.25, -0.2) is 0 Å². The summed E-state index contributed by atoms with van der Waals surface area (Å²) < 4.78 is 7.52. The monoisotopic (exact) mass is 316 g/mol. The molecule has 2 aromatic heterocycles. The largest absolute Gasteiger partial charge is 0.369 e. The maximum absolute atomic E-state index is 12.5. The molecule has 2 N–H and O–H groups in total. The van der Waals surface area contributed by atoms with Crippen LogP contribution < -0.4 is 10.9 Å². The van der Waals surface area contributed by atoms with Crippen LogP contribution in [0.15, 0.2) is 23.1 Å². The van der Waals surface area contributed by atoms with Gasteiger partial charge in [-0.3, -0.25) is 14.3 Å². The van der Waals surface area contributed by atoms with E-state index < -0.39 is 0 Å². The number of hydrogen-bond acceptors (Lipinski definition) is 4. The fraction of sp³-hybridized carbons (Fsp3) is 0.438. The fourth-order valence-electron chi connectivity index (χ4n) is 3.04. The number of amides is 1. The van der Waals surface area contributed by atoms with Gasteiger partial charge in [-0.15, -0.1) is 0 Å². The van der Waals surface area contributed by atoms with E-state index in [2.05, 4.69) is 15.4 Å². The second-order valence-corrected chi connectivity index (χ2v) is 5.87. The summed E-state index contributed by atoms with van der Waals surface area (Å²) in [6.45, 7) is 4.30. The average molecular weight is 316 g/mol. The third-order valence-electron chi connectivity index (χ3n) is 4.02. The maximum atomic E-state index is 12.5. The van der Waals surface area contributed by atoms with Gasteiger partial charge in [-0.2, -0.15) is 5.10 Å². The number of ether oxygens (including phenoxy) is 1. The summed E-state index contributed by atoms with van der Waals surface area (Å²) in [4.78, 5) is 26.1. The molecule has 3 rings (SSSR count). The van der Waals surface area contributed by atoms with Crippen LogP contribution in [-0.2, 0) is 24.8 Å². The van der Waals surface area contributed by atoms with Crippen molar-refractivity contribution in [3.8, 4) is 0 Å². The Labute approximate surface area is 133 Å². The smallest absolute Gasteiger partial charge is 0.272 e. The van der Waals surface area contributed by atoms with E-state index in [-0.39, 0.29) is 23.7 Å². The number of fused-ring (bicyclic) bond motifs is 1. The molecule has 1 aliphatic rings. The number of H-pyrrole nitrogens is 1. The Morgan fingerprint density at radius 1 is 1.48 bits per heavy atom. The normalized spacial score (nSPS) is 20.1. The topological polar surface area (TPSA) is 89.0 Å². The molecular formula is C16H20N4O3. The number of aryl methyl sites for hydroxylation is 1. The molecule has 2 atom stereocenters. The molecule has 0 unspecified atom stereocenters. The lowest BCUT2D eigenvalue weighted by molar-refractivity contribution is -0.00903. The minimum atomic E-state index is -0.214. The number of nitrogens with zero attached hydrogens (tertiary/aromatic N) is 2. The van der Waals surface area contributed by atoms with Crippen molar-refractivity contribution in [2.75, 3.05) is 0 Å². The van der Waals surface area contributed by atoms with Crippen molar-refractivity contribution in [2.45, 2.75) is 39.0 Å². The Morgan fingerprint density at radius 2 is 2.26 bits per heavy atom. The Bertz CT molecular complexity index is 773. The van der Waals surface area contributed by atoms with Crippen molar-refractivity contribution in [1.82, 2.24) is 20.1 Å². The highest BCUT2D eigenvalue weighted by atomic mass is 16.5. The van der Waals surface area contributed by atoms with E-state index in [1.54, 1.807) is 16.9 Å². The number of carbonyl (C=O) groups is 1. The van der Waals surface area contributed by atoms with Gasteiger partial charge >= 0.3 is 0 Å². The van der Waals surface area contributed by atoms with Crippen LogP contribution in [-0.4, -0.2) is 26.8 Å². The molecule has 122 valence electrons. The third kappa shape index (κ3) is 3.05. The maximum Gasteiger partial charge on any atom is 0.272 e. The van der Waals surface area contributed by atoms with E-state index in [0.29, 0.717) is 18.7 Å². The van der Waals surface area contributed by atoms with Crippen LogP contribution in [0.5, 0.6) is 0 Å². The van der Waals surface area contributed by atoms with Gasteiger partial charge in [-0.05, 0) is 19.4 Å². The second kappa shape index (κ2) is 6.00. The zero-order valence-electron chi connectivity index (χ0n) is 13.4. The summed E-state index contributed by atoms with van der Waals surface area (Å²) in [6.07, 6.45) is 2.25. The first-order valence-electron chi connectivity index (χ1n) is 7.62. The summed E-state index contributed by atoms with van der Waals surface area (Å²) in [5, 5.41) is 7.22. The number of carbonyl (C=O) groups excluding carboxylic acids is 1. The summed E-state index contributed by atoms with van der Waals surface area (Å²) >= 11 is 0. The average Bonchev–Trinajstić information content (AvgIpc) is 2.83. The SMILES string of the molecule is C[C@@H]1Cc2c(C(=O)NCc3ccc(=O)[nH]c3)nn(C)c2[C@H](C)O1. The molecule has 0 aromatic carbocycles. The van der Waals surface area contributed by atoms with Gasteiger partial charge < -0.3 is 15.0 Å². The Kier molecular flexibility index (Phi) is 4.04. The molecule has 2 aromatic rings. The molecule has 1 aliphatic heterocycles. The molecule has 0 spiro atoms. The van der Waals surface area contributed by atoms with Gasteiger partial charge in [0.25, 0.3) is 5.91 Å². The highest BCUT2D eigenvalue weighted by Crippen LogP contribution is 2.31. The van der Waals surface area contributed by atoms with Crippen LogP contribution >= 0.6 is 0 Å². The van der Waals surface area contributed by atoms with Crippen molar-refractivity contribution in [3.63, 3.8) is 0 Å². The number of rotatable bonds is 3. The van der Waals surface area contributed by atoms with Gasteiger partial charge in [-0.1, -0.05) is 6.07 Å². The van der Waals surface area contributed by atoms with Crippen LogP contribution in [0, 0.1) is 0 Å². The molecule has 0 radical (unpaired) electrons.